The van der Waals surface area contributed by atoms with Crippen molar-refractivity contribution in [1.29, 1.82) is 0 Å². The van der Waals surface area contributed by atoms with Gasteiger partial charge in [0, 0.05) is 6.54 Å². The minimum absolute atomic E-state index is 0.417. The van der Waals surface area contributed by atoms with E-state index < -0.39 is 0 Å². The molecule has 1 aromatic carbocycles. The van der Waals surface area contributed by atoms with Crippen molar-refractivity contribution in [3.8, 4) is 11.4 Å². The highest BCUT2D eigenvalue weighted by Crippen LogP contribution is 2.17. The van der Waals surface area contributed by atoms with Gasteiger partial charge < -0.3 is 10.5 Å². The zero-order valence-corrected chi connectivity index (χ0v) is 10.8. The molecule has 5 heteroatoms. The quantitative estimate of drug-likeness (QED) is 0.871. The standard InChI is InChI=1S/C13H18N4O/c1-3-13-12(9-14)15-16-17(13)10-5-7-11(8-6-10)18-4-2/h5-8H,3-4,9,14H2,1-2H3. The van der Waals surface area contributed by atoms with Crippen molar-refractivity contribution in [2.24, 2.45) is 5.73 Å². The zero-order valence-electron chi connectivity index (χ0n) is 10.8. The molecule has 0 bridgehead atoms. The van der Waals surface area contributed by atoms with Crippen molar-refractivity contribution in [2.75, 3.05) is 6.61 Å². The molecule has 1 heterocycles. The lowest BCUT2D eigenvalue weighted by atomic mass is 10.2. The van der Waals surface area contributed by atoms with Crippen LogP contribution in [-0.2, 0) is 13.0 Å². The van der Waals surface area contributed by atoms with E-state index in [1.807, 2.05) is 35.9 Å². The number of benzene rings is 1. The van der Waals surface area contributed by atoms with Crippen LogP contribution < -0.4 is 10.5 Å². The van der Waals surface area contributed by atoms with E-state index in [1.165, 1.54) is 0 Å². The molecule has 0 aliphatic rings. The average Bonchev–Trinajstić information content (AvgIpc) is 2.82. The highest BCUT2D eigenvalue weighted by atomic mass is 16.5. The van der Waals surface area contributed by atoms with E-state index in [2.05, 4.69) is 17.2 Å². The molecule has 0 unspecified atom stereocenters. The topological polar surface area (TPSA) is 66.0 Å². The number of nitrogens with zero attached hydrogens (tertiary/aromatic N) is 3. The Labute approximate surface area is 107 Å². The Morgan fingerprint density at radius 1 is 1.22 bits per heavy atom. The van der Waals surface area contributed by atoms with Gasteiger partial charge in [0.15, 0.2) is 0 Å². The van der Waals surface area contributed by atoms with Crippen LogP contribution in [-0.4, -0.2) is 21.6 Å². The third kappa shape index (κ3) is 2.36. The van der Waals surface area contributed by atoms with Crippen LogP contribution in [0, 0.1) is 0 Å². The van der Waals surface area contributed by atoms with Crippen LogP contribution in [0.15, 0.2) is 24.3 Å². The smallest absolute Gasteiger partial charge is 0.119 e. The van der Waals surface area contributed by atoms with Crippen molar-refractivity contribution in [3.05, 3.63) is 35.7 Å². The van der Waals surface area contributed by atoms with Crippen molar-refractivity contribution in [2.45, 2.75) is 26.8 Å². The molecule has 2 aromatic rings. The lowest BCUT2D eigenvalue weighted by Crippen LogP contribution is -2.05. The summed E-state index contributed by atoms with van der Waals surface area (Å²) in [5.74, 6) is 0.860. The van der Waals surface area contributed by atoms with E-state index in [0.29, 0.717) is 13.2 Å². The highest BCUT2D eigenvalue weighted by molar-refractivity contribution is 5.38. The number of hydrogen-bond acceptors (Lipinski definition) is 4. The molecule has 18 heavy (non-hydrogen) atoms. The molecule has 96 valence electrons. The van der Waals surface area contributed by atoms with Gasteiger partial charge in [-0.15, -0.1) is 5.10 Å². The first kappa shape index (κ1) is 12.6. The summed E-state index contributed by atoms with van der Waals surface area (Å²) in [4.78, 5) is 0. The van der Waals surface area contributed by atoms with Crippen LogP contribution in [0.1, 0.15) is 25.2 Å². The fraction of sp³-hybridized carbons (Fsp3) is 0.385. The monoisotopic (exact) mass is 246 g/mol. The Morgan fingerprint density at radius 3 is 2.50 bits per heavy atom. The average molecular weight is 246 g/mol. The molecule has 0 radical (unpaired) electrons. The maximum atomic E-state index is 5.65. The van der Waals surface area contributed by atoms with Gasteiger partial charge in [-0.25, -0.2) is 4.68 Å². The number of hydrogen-bond donors (Lipinski definition) is 1. The minimum atomic E-state index is 0.417. The van der Waals surface area contributed by atoms with Gasteiger partial charge in [-0.2, -0.15) is 0 Å². The summed E-state index contributed by atoms with van der Waals surface area (Å²) in [6.07, 6.45) is 0.854. The van der Waals surface area contributed by atoms with Gasteiger partial charge in [-0.3, -0.25) is 0 Å². The minimum Gasteiger partial charge on any atom is -0.494 e. The van der Waals surface area contributed by atoms with Crippen molar-refractivity contribution in [3.63, 3.8) is 0 Å². The van der Waals surface area contributed by atoms with Crippen LogP contribution in [0.2, 0.25) is 0 Å². The number of nitrogens with two attached hydrogens (primary N) is 1. The van der Waals surface area contributed by atoms with Crippen molar-refractivity contribution < 1.29 is 4.74 Å². The maximum absolute atomic E-state index is 5.65. The number of rotatable bonds is 5. The molecule has 0 atom stereocenters. The molecule has 1 aromatic heterocycles. The molecule has 0 saturated heterocycles. The second-order valence-corrected chi connectivity index (χ2v) is 3.88. The largest absolute Gasteiger partial charge is 0.494 e. The predicted molar refractivity (Wildman–Crippen MR) is 69.8 cm³/mol. The Kier molecular flexibility index (Phi) is 3.94. The molecule has 5 nitrogen and oxygen atoms in total. The normalized spacial score (nSPS) is 10.6. The van der Waals surface area contributed by atoms with E-state index in [4.69, 9.17) is 10.5 Å². The molecule has 0 saturated carbocycles. The Hall–Kier alpha value is -1.88. The summed E-state index contributed by atoms with van der Waals surface area (Å²) in [7, 11) is 0. The molecule has 0 aliphatic carbocycles. The van der Waals surface area contributed by atoms with Gasteiger partial charge in [0.2, 0.25) is 0 Å². The van der Waals surface area contributed by atoms with E-state index in [-0.39, 0.29) is 0 Å². The number of ether oxygens (including phenoxy) is 1. The molecule has 0 amide bonds. The van der Waals surface area contributed by atoms with Crippen molar-refractivity contribution >= 4 is 0 Å². The van der Waals surface area contributed by atoms with E-state index >= 15 is 0 Å². The van der Waals surface area contributed by atoms with Gasteiger partial charge in [0.25, 0.3) is 0 Å². The van der Waals surface area contributed by atoms with E-state index in [1.54, 1.807) is 0 Å². The third-order valence-electron chi connectivity index (χ3n) is 2.76. The zero-order chi connectivity index (χ0) is 13.0. The number of aromatic nitrogens is 3. The fourth-order valence-electron chi connectivity index (χ4n) is 1.90. The van der Waals surface area contributed by atoms with Crippen molar-refractivity contribution in [1.82, 2.24) is 15.0 Å². The molecule has 0 aliphatic heterocycles. The first-order valence-electron chi connectivity index (χ1n) is 6.16. The Morgan fingerprint density at radius 2 is 1.94 bits per heavy atom. The second-order valence-electron chi connectivity index (χ2n) is 3.88. The van der Waals surface area contributed by atoms with Gasteiger partial charge in [0.1, 0.15) is 5.75 Å². The lowest BCUT2D eigenvalue weighted by Gasteiger charge is -2.07. The molecule has 0 spiro atoms. The van der Waals surface area contributed by atoms with E-state index in [0.717, 1.165) is 29.2 Å². The Bertz CT molecular complexity index is 504. The second kappa shape index (κ2) is 5.64. The van der Waals surface area contributed by atoms with Crippen LogP contribution in [0.5, 0.6) is 5.75 Å². The van der Waals surface area contributed by atoms with Crippen LogP contribution in [0.3, 0.4) is 0 Å². The summed E-state index contributed by atoms with van der Waals surface area (Å²) in [6.45, 7) is 5.12. The first-order chi connectivity index (χ1) is 8.80. The van der Waals surface area contributed by atoms with Gasteiger partial charge in [-0.1, -0.05) is 12.1 Å². The molecule has 0 fully saturated rings. The van der Waals surface area contributed by atoms with Crippen LogP contribution in [0.25, 0.3) is 5.69 Å². The van der Waals surface area contributed by atoms with E-state index in [9.17, 15) is 0 Å². The molecular weight excluding hydrogens is 228 g/mol. The van der Waals surface area contributed by atoms with Gasteiger partial charge in [-0.05, 0) is 37.6 Å². The molecular formula is C13H18N4O. The summed E-state index contributed by atoms with van der Waals surface area (Å²) in [5, 5.41) is 8.25. The summed E-state index contributed by atoms with van der Waals surface area (Å²) in [5.41, 5.74) is 8.53. The van der Waals surface area contributed by atoms with Crippen LogP contribution >= 0.6 is 0 Å². The highest BCUT2D eigenvalue weighted by Gasteiger charge is 2.11. The third-order valence-corrected chi connectivity index (χ3v) is 2.76. The van der Waals surface area contributed by atoms with Gasteiger partial charge in [0.05, 0.1) is 23.7 Å². The molecule has 2 rings (SSSR count). The Balaban J connectivity index is 2.33. The van der Waals surface area contributed by atoms with Gasteiger partial charge >= 0.3 is 0 Å². The molecule has 2 N–H and O–H groups in total. The predicted octanol–water partition coefficient (Wildman–Crippen LogP) is 1.69. The summed E-state index contributed by atoms with van der Waals surface area (Å²) < 4.78 is 7.25. The lowest BCUT2D eigenvalue weighted by molar-refractivity contribution is 0.340. The summed E-state index contributed by atoms with van der Waals surface area (Å²) in [6, 6.07) is 7.81. The first-order valence-corrected chi connectivity index (χ1v) is 6.16. The SMILES string of the molecule is CCOc1ccc(-n2nnc(CN)c2CC)cc1. The maximum Gasteiger partial charge on any atom is 0.119 e. The van der Waals surface area contributed by atoms with Crippen LogP contribution in [0.4, 0.5) is 0 Å². The summed E-state index contributed by atoms with van der Waals surface area (Å²) >= 11 is 0. The fourth-order valence-corrected chi connectivity index (χ4v) is 1.90.